The molecule has 0 aromatic carbocycles. The Morgan fingerprint density at radius 3 is 0.400 bits per heavy atom. The Kier molecular flexibility index (Phi) is 18.4. The molecule has 7 heteroatoms. The smallest absolute Gasteiger partial charge is 0.333 e. The third-order valence-corrected chi connectivity index (χ3v) is 5.22. The third-order valence-electron chi connectivity index (χ3n) is 5.22. The van der Waals surface area contributed by atoms with Gasteiger partial charge in [0, 0.05) is 34.7 Å². The van der Waals surface area contributed by atoms with Crippen molar-refractivity contribution < 1.29 is 28.8 Å². The van der Waals surface area contributed by atoms with Crippen LogP contribution in [0.1, 0.15) is 125 Å². The van der Waals surface area contributed by atoms with Crippen molar-refractivity contribution in [2.45, 2.75) is 125 Å². The van der Waals surface area contributed by atoms with E-state index in [0.29, 0.717) is 0 Å². The van der Waals surface area contributed by atoms with E-state index in [4.69, 9.17) is 0 Å². The van der Waals surface area contributed by atoms with E-state index in [9.17, 15) is 28.8 Å². The van der Waals surface area contributed by atoms with Gasteiger partial charge in [-0.25, -0.2) is 0 Å². The van der Waals surface area contributed by atoms with E-state index in [0.717, 1.165) is 0 Å². The average Bonchev–Trinajstić information content (AvgIpc) is 2.64. The van der Waals surface area contributed by atoms with E-state index in [1.54, 1.807) is 0 Å². The van der Waals surface area contributed by atoms with Crippen LogP contribution in [0, 0.1) is 51.8 Å². The molecule has 0 saturated carbocycles. The summed E-state index contributed by atoms with van der Waals surface area (Å²) in [5.41, 5.74) is -2.74. The van der Waals surface area contributed by atoms with E-state index in [2.05, 4.69) is 0 Å². The van der Waals surface area contributed by atoms with E-state index in [1.165, 1.54) is 19.3 Å². The van der Waals surface area contributed by atoms with Crippen molar-refractivity contribution >= 4 is 60.5 Å². The molecule has 0 N–H and O–H groups in total. The molecule has 0 unspecified atom stereocenters. The molecular weight excluding hydrogens is 607 g/mol. The molecule has 0 spiro atoms. The predicted octanol–water partition coefficient (Wildman–Crippen LogP) is 6.88. The van der Waals surface area contributed by atoms with Gasteiger partial charge in [0.2, 0.25) is 0 Å². The Balaban J connectivity index is -0.000000240. The van der Waals surface area contributed by atoms with Crippen LogP contribution in [-0.2, 0) is 28.8 Å². The second kappa shape index (κ2) is 16.2. The fraction of sp³-hybridized carbons (Fsp3) is 0.727. The zero-order valence-corrected chi connectivity index (χ0v) is 32.1. The van der Waals surface area contributed by atoms with Crippen LogP contribution >= 0.6 is 0 Å². The summed E-state index contributed by atoms with van der Waals surface area (Å²) in [5.74, 6) is -0.625. The van der Waals surface area contributed by atoms with Crippen LogP contribution in [0.25, 0.3) is 0 Å². The van der Waals surface area contributed by atoms with Crippen LogP contribution in [0.2, 0.25) is 0 Å². The van der Waals surface area contributed by atoms with Crippen LogP contribution < -0.4 is 0 Å². The van der Waals surface area contributed by atoms with Gasteiger partial charge in [0.25, 0.3) is 0 Å². The molecule has 0 aliphatic heterocycles. The normalized spacial score (nSPS) is 12.2. The molecule has 0 aromatic heterocycles. The van der Waals surface area contributed by atoms with Crippen molar-refractivity contribution in [3.8, 4) is 0 Å². The maximum atomic E-state index is 11.4. The number of ketones is 6. The first-order chi connectivity index (χ1) is 16.6. The summed E-state index contributed by atoms with van der Waals surface area (Å²) in [4.78, 5) is 68.7. The molecule has 0 amide bonds. The van der Waals surface area contributed by atoms with Gasteiger partial charge in [-0.3, -0.25) is 19.3 Å². The van der Waals surface area contributed by atoms with Crippen LogP contribution in [0.15, 0.2) is 0 Å². The molecule has 0 saturated heterocycles. The van der Waals surface area contributed by atoms with E-state index in [-0.39, 0.29) is 60.5 Å². The van der Waals surface area contributed by atoms with Gasteiger partial charge in [-0.05, 0) is 32.5 Å². The fourth-order valence-electron chi connectivity index (χ4n) is 1.66. The topological polar surface area (TPSA) is 102 Å². The summed E-state index contributed by atoms with van der Waals surface area (Å²) in [6.07, 6.45) is 3.67. The van der Waals surface area contributed by atoms with Crippen molar-refractivity contribution in [2.24, 2.45) is 32.5 Å². The molecule has 0 bridgehead atoms. The number of rotatable bonds is 6. The van der Waals surface area contributed by atoms with Gasteiger partial charge in [0.15, 0.2) is 0 Å². The number of hydrogen-bond acceptors (Lipinski definition) is 6. The van der Waals surface area contributed by atoms with Gasteiger partial charge in [0.1, 0.15) is 0 Å². The number of carbonyl (C=O) groups excluding carboxylic acids is 6. The van der Waals surface area contributed by atoms with E-state index < -0.39 is 32.5 Å². The molecule has 0 rings (SSSR count). The predicted molar refractivity (Wildman–Crippen MR) is 165 cm³/mol. The van der Waals surface area contributed by atoms with Gasteiger partial charge in [-0.2, -0.15) is 0 Å². The summed E-state index contributed by atoms with van der Waals surface area (Å²) >= 11 is 0. The average molecular weight is 665 g/mol. The first kappa shape index (κ1) is 45.5. The first-order valence-electron chi connectivity index (χ1n) is 13.5. The van der Waals surface area contributed by atoms with Crippen molar-refractivity contribution in [2.75, 3.05) is 0 Å². The summed E-state index contributed by atoms with van der Waals surface area (Å²) in [5, 5.41) is 0. The van der Waals surface area contributed by atoms with Gasteiger partial charge in [-0.15, -0.1) is 0 Å². The molecule has 6 nitrogen and oxygen atoms in total. The number of Topliss-reactive ketones (excluding diaryl/α,β-unsaturated/α-hetero) is 6. The van der Waals surface area contributed by atoms with Crippen LogP contribution in [0.3, 0.4) is 0 Å². The SMILES string of the molecule is CC(C)(C)C(=O)[CH-]C(=O)C(C)(C)C.CC(C)(C)C(=O)[CH-]C(=O)C(C)(C)C.CC(C)(C)C(=O)[CH-]C(=O)C(C)(C)C.[In+3]. The van der Waals surface area contributed by atoms with E-state index in [1.807, 2.05) is 125 Å². The monoisotopic (exact) mass is 664 g/mol. The van der Waals surface area contributed by atoms with Crippen molar-refractivity contribution in [3.63, 3.8) is 0 Å². The van der Waals surface area contributed by atoms with Crippen molar-refractivity contribution in [1.29, 1.82) is 0 Å². The second-order valence-electron chi connectivity index (χ2n) is 16.1. The van der Waals surface area contributed by atoms with Crippen LogP contribution in [0.4, 0.5) is 0 Å². The maximum absolute atomic E-state index is 11.4. The molecule has 0 aliphatic carbocycles. The van der Waals surface area contributed by atoms with Crippen LogP contribution in [-0.4, -0.2) is 60.5 Å². The maximum Gasteiger partial charge on any atom is 3.00 e. The number of hydrogen-bond donors (Lipinski definition) is 0. The zero-order valence-electron chi connectivity index (χ0n) is 28.8. The van der Waals surface area contributed by atoms with Gasteiger partial charge >= 0.3 is 25.8 Å². The van der Waals surface area contributed by atoms with Crippen LogP contribution in [0.5, 0.6) is 0 Å². The second-order valence-corrected chi connectivity index (χ2v) is 16.1. The molecule has 228 valence electrons. The summed E-state index contributed by atoms with van der Waals surface area (Å²) in [6.45, 7) is 32.5. The quantitative estimate of drug-likeness (QED) is 0.227. The molecule has 0 aliphatic rings. The Morgan fingerprint density at radius 1 is 0.275 bits per heavy atom. The number of carbonyl (C=O) groups is 6. The molecule has 40 heavy (non-hydrogen) atoms. The fourth-order valence-corrected chi connectivity index (χ4v) is 1.66. The minimum atomic E-state index is -0.457. The molecule has 0 heterocycles. The van der Waals surface area contributed by atoms with Gasteiger partial charge in [-0.1, -0.05) is 125 Å². The largest absolute Gasteiger partial charge is 3.00 e. The summed E-state index contributed by atoms with van der Waals surface area (Å²) in [7, 11) is 0. The molecule has 0 atom stereocenters. The zero-order chi connectivity index (χ0) is 32.6. The summed E-state index contributed by atoms with van der Waals surface area (Å²) < 4.78 is 0. The van der Waals surface area contributed by atoms with E-state index >= 15 is 0 Å². The molecule has 0 fully saturated rings. The minimum Gasteiger partial charge on any atom is -0.333 e. The summed E-state index contributed by atoms with van der Waals surface area (Å²) in [6, 6.07) is 0. The minimum absolute atomic E-state index is 0. The van der Waals surface area contributed by atoms with Gasteiger partial charge < -0.3 is 28.8 Å². The molecular formula is C33H57InO6. The molecule has 0 aromatic rings. The van der Waals surface area contributed by atoms with Crippen molar-refractivity contribution in [1.82, 2.24) is 0 Å². The Hall–Kier alpha value is -1.50. The Morgan fingerprint density at radius 2 is 0.350 bits per heavy atom. The van der Waals surface area contributed by atoms with Gasteiger partial charge in [0.05, 0.1) is 0 Å². The Bertz CT molecular complexity index is 693. The standard InChI is InChI=1S/3C11H19O2.In/c3*1-10(2,3)8(12)7-9(13)11(4,5)6;/h3*7H,1-6H3;/q3*-1;+3. The van der Waals surface area contributed by atoms with Crippen molar-refractivity contribution in [3.05, 3.63) is 19.3 Å². The molecule has 0 radical (unpaired) electrons. The first-order valence-corrected chi connectivity index (χ1v) is 13.5. The Labute approximate surface area is 264 Å². The third kappa shape index (κ3) is 21.3.